The van der Waals surface area contributed by atoms with E-state index >= 15 is 0 Å². The van der Waals surface area contributed by atoms with Gasteiger partial charge in [0, 0.05) is 24.2 Å². The van der Waals surface area contributed by atoms with Gasteiger partial charge in [-0.25, -0.2) is 8.78 Å². The topological polar surface area (TPSA) is 17.8 Å². The standard InChI is InChI=1S/C17H16F2N2/c1-10(2)17-14(18)7-11(8-15(17)19)12-5-4-6-16-13(12)9-21(3)20-16/h4-10H,1-3H3. The van der Waals surface area contributed by atoms with E-state index in [9.17, 15) is 8.78 Å². The van der Waals surface area contributed by atoms with Gasteiger partial charge in [0.25, 0.3) is 0 Å². The lowest BCUT2D eigenvalue weighted by molar-refractivity contribution is 0.542. The first-order valence-electron chi connectivity index (χ1n) is 6.89. The van der Waals surface area contributed by atoms with Crippen LogP contribution in [0.1, 0.15) is 25.3 Å². The number of nitrogens with zero attached hydrogens (tertiary/aromatic N) is 2. The number of benzene rings is 2. The lowest BCUT2D eigenvalue weighted by Gasteiger charge is -2.11. The fourth-order valence-electron chi connectivity index (χ4n) is 2.70. The third kappa shape index (κ3) is 2.31. The second-order valence-corrected chi connectivity index (χ2v) is 5.55. The third-order valence-corrected chi connectivity index (χ3v) is 3.63. The molecule has 0 spiro atoms. The van der Waals surface area contributed by atoms with Gasteiger partial charge in [0.15, 0.2) is 0 Å². The largest absolute Gasteiger partial charge is 0.275 e. The predicted octanol–water partition coefficient (Wildman–Crippen LogP) is 4.64. The molecule has 0 atom stereocenters. The zero-order valence-corrected chi connectivity index (χ0v) is 12.2. The zero-order valence-electron chi connectivity index (χ0n) is 12.2. The highest BCUT2D eigenvalue weighted by Crippen LogP contribution is 2.32. The molecule has 3 aromatic rings. The Kier molecular flexibility index (Phi) is 3.24. The molecule has 0 amide bonds. The Bertz CT molecular complexity index is 796. The minimum absolute atomic E-state index is 0.136. The molecular formula is C17H16F2N2. The summed E-state index contributed by atoms with van der Waals surface area (Å²) in [5, 5.41) is 5.20. The molecule has 2 aromatic carbocycles. The van der Waals surface area contributed by atoms with Gasteiger partial charge in [0.2, 0.25) is 0 Å². The van der Waals surface area contributed by atoms with E-state index in [0.717, 1.165) is 16.5 Å². The molecule has 108 valence electrons. The maximum atomic E-state index is 14.2. The molecule has 3 rings (SSSR count). The third-order valence-electron chi connectivity index (χ3n) is 3.63. The number of rotatable bonds is 2. The number of halogens is 2. The van der Waals surface area contributed by atoms with Crippen LogP contribution in [0.25, 0.3) is 22.0 Å². The van der Waals surface area contributed by atoms with Crippen LogP contribution in [0, 0.1) is 11.6 Å². The smallest absolute Gasteiger partial charge is 0.130 e. The Hall–Kier alpha value is -2.23. The molecule has 0 aliphatic rings. The van der Waals surface area contributed by atoms with Gasteiger partial charge in [0.05, 0.1) is 5.52 Å². The van der Waals surface area contributed by atoms with Gasteiger partial charge >= 0.3 is 0 Å². The van der Waals surface area contributed by atoms with E-state index in [2.05, 4.69) is 5.10 Å². The van der Waals surface area contributed by atoms with Crippen molar-refractivity contribution in [3.05, 3.63) is 53.7 Å². The van der Waals surface area contributed by atoms with Crippen molar-refractivity contribution in [2.45, 2.75) is 19.8 Å². The summed E-state index contributed by atoms with van der Waals surface area (Å²) in [5.41, 5.74) is 2.27. The molecule has 0 unspecified atom stereocenters. The van der Waals surface area contributed by atoms with Crippen molar-refractivity contribution < 1.29 is 8.78 Å². The van der Waals surface area contributed by atoms with E-state index in [1.54, 1.807) is 18.5 Å². The quantitative estimate of drug-likeness (QED) is 0.671. The summed E-state index contributed by atoms with van der Waals surface area (Å²) in [6, 6.07) is 8.39. The fourth-order valence-corrected chi connectivity index (χ4v) is 2.70. The average Bonchev–Trinajstić information content (AvgIpc) is 2.77. The minimum atomic E-state index is -0.499. The summed E-state index contributed by atoms with van der Waals surface area (Å²) in [5.74, 6) is -1.19. The molecule has 0 fully saturated rings. The Labute approximate surface area is 122 Å². The van der Waals surface area contributed by atoms with Gasteiger partial charge in [-0.3, -0.25) is 4.68 Å². The Balaban J connectivity index is 2.24. The second-order valence-electron chi connectivity index (χ2n) is 5.55. The minimum Gasteiger partial charge on any atom is -0.275 e. The van der Waals surface area contributed by atoms with Gasteiger partial charge < -0.3 is 0 Å². The predicted molar refractivity (Wildman–Crippen MR) is 80.2 cm³/mol. The molecule has 4 heteroatoms. The first-order valence-corrected chi connectivity index (χ1v) is 6.89. The second kappa shape index (κ2) is 4.95. The normalized spacial score (nSPS) is 11.5. The van der Waals surface area contributed by atoms with Crippen LogP contribution in [0.3, 0.4) is 0 Å². The van der Waals surface area contributed by atoms with Gasteiger partial charge in [-0.15, -0.1) is 0 Å². The van der Waals surface area contributed by atoms with E-state index in [1.165, 1.54) is 12.1 Å². The van der Waals surface area contributed by atoms with E-state index in [-0.39, 0.29) is 11.5 Å². The van der Waals surface area contributed by atoms with Crippen molar-refractivity contribution in [1.29, 1.82) is 0 Å². The number of aryl methyl sites for hydroxylation is 1. The molecule has 1 aromatic heterocycles. The van der Waals surface area contributed by atoms with Crippen LogP contribution in [0.5, 0.6) is 0 Å². The van der Waals surface area contributed by atoms with E-state index in [0.29, 0.717) is 5.56 Å². The molecule has 21 heavy (non-hydrogen) atoms. The van der Waals surface area contributed by atoms with Crippen LogP contribution in [0.4, 0.5) is 8.78 Å². The van der Waals surface area contributed by atoms with Crippen molar-refractivity contribution in [3.63, 3.8) is 0 Å². The maximum Gasteiger partial charge on any atom is 0.130 e. The van der Waals surface area contributed by atoms with Crippen LogP contribution in [-0.4, -0.2) is 9.78 Å². The van der Waals surface area contributed by atoms with E-state index < -0.39 is 11.6 Å². The molecule has 0 N–H and O–H groups in total. The number of hydrogen-bond acceptors (Lipinski definition) is 1. The summed E-state index contributed by atoms with van der Waals surface area (Å²) in [6.45, 7) is 3.56. The highest BCUT2D eigenvalue weighted by molar-refractivity contribution is 5.94. The molecule has 1 heterocycles. The maximum absolute atomic E-state index is 14.2. The summed E-state index contributed by atoms with van der Waals surface area (Å²) >= 11 is 0. The molecule has 0 aliphatic carbocycles. The van der Waals surface area contributed by atoms with Gasteiger partial charge in [-0.05, 0) is 35.2 Å². The molecule has 0 saturated heterocycles. The molecule has 0 aliphatic heterocycles. The summed E-state index contributed by atoms with van der Waals surface area (Å²) < 4.78 is 30.1. The van der Waals surface area contributed by atoms with Crippen molar-refractivity contribution in [2.75, 3.05) is 0 Å². The molecule has 0 bridgehead atoms. The number of fused-ring (bicyclic) bond motifs is 1. The van der Waals surface area contributed by atoms with Crippen molar-refractivity contribution >= 4 is 10.9 Å². The summed E-state index contributed by atoms with van der Waals surface area (Å²) in [7, 11) is 1.83. The lowest BCUT2D eigenvalue weighted by atomic mass is 9.96. The summed E-state index contributed by atoms with van der Waals surface area (Å²) in [4.78, 5) is 0. The van der Waals surface area contributed by atoms with Crippen LogP contribution in [0.2, 0.25) is 0 Å². The van der Waals surface area contributed by atoms with Crippen LogP contribution in [-0.2, 0) is 7.05 Å². The molecule has 0 saturated carbocycles. The van der Waals surface area contributed by atoms with Gasteiger partial charge in [0.1, 0.15) is 11.6 Å². The molecular weight excluding hydrogens is 270 g/mol. The number of aromatic nitrogens is 2. The van der Waals surface area contributed by atoms with Crippen molar-refractivity contribution in [2.24, 2.45) is 7.05 Å². The monoisotopic (exact) mass is 286 g/mol. The average molecular weight is 286 g/mol. The molecule has 0 radical (unpaired) electrons. The first kappa shape index (κ1) is 13.7. The van der Waals surface area contributed by atoms with E-state index in [4.69, 9.17) is 0 Å². The Morgan fingerprint density at radius 1 is 1.10 bits per heavy atom. The Morgan fingerprint density at radius 3 is 2.38 bits per heavy atom. The fraction of sp³-hybridized carbons (Fsp3) is 0.235. The number of hydrogen-bond donors (Lipinski definition) is 0. The van der Waals surface area contributed by atoms with Crippen LogP contribution >= 0.6 is 0 Å². The highest BCUT2D eigenvalue weighted by atomic mass is 19.1. The SMILES string of the molecule is CC(C)c1c(F)cc(-c2cccc3nn(C)cc23)cc1F. The molecule has 2 nitrogen and oxygen atoms in total. The zero-order chi connectivity index (χ0) is 15.1. The summed E-state index contributed by atoms with van der Waals surface area (Å²) in [6.07, 6.45) is 1.86. The lowest BCUT2D eigenvalue weighted by Crippen LogP contribution is -1.99. The van der Waals surface area contributed by atoms with Gasteiger partial charge in [-0.2, -0.15) is 5.10 Å². The van der Waals surface area contributed by atoms with Crippen molar-refractivity contribution in [1.82, 2.24) is 9.78 Å². The van der Waals surface area contributed by atoms with Crippen molar-refractivity contribution in [3.8, 4) is 11.1 Å². The Morgan fingerprint density at radius 2 is 1.76 bits per heavy atom. The van der Waals surface area contributed by atoms with Crippen LogP contribution in [0.15, 0.2) is 36.5 Å². The highest BCUT2D eigenvalue weighted by Gasteiger charge is 2.16. The van der Waals surface area contributed by atoms with Crippen LogP contribution < -0.4 is 0 Å². The van der Waals surface area contributed by atoms with Gasteiger partial charge in [-0.1, -0.05) is 26.0 Å². The first-order chi connectivity index (χ1) is 9.97. The van der Waals surface area contributed by atoms with E-state index in [1.807, 2.05) is 31.4 Å².